The van der Waals surface area contributed by atoms with Crippen LogP contribution in [0.1, 0.15) is 24.8 Å². The van der Waals surface area contributed by atoms with Gasteiger partial charge in [0, 0.05) is 39.2 Å². The Morgan fingerprint density at radius 1 is 1.32 bits per heavy atom. The Morgan fingerprint density at radius 2 is 2.16 bits per heavy atom. The Balaban J connectivity index is 0.00000225. The number of benzene rings is 1. The number of guanidine groups is 1. The molecule has 1 aromatic carbocycles. The van der Waals surface area contributed by atoms with Crippen molar-refractivity contribution in [1.82, 2.24) is 10.2 Å². The van der Waals surface area contributed by atoms with Crippen molar-refractivity contribution >= 4 is 29.9 Å². The van der Waals surface area contributed by atoms with Gasteiger partial charge in [0.1, 0.15) is 0 Å². The first-order chi connectivity index (χ1) is 11.8. The normalized spacial score (nSPS) is 23.6. The fourth-order valence-corrected chi connectivity index (χ4v) is 3.42. The molecule has 2 atom stereocenters. The molecule has 0 aliphatic carbocycles. The number of likely N-dealkylation sites (tertiary alicyclic amines) is 1. The summed E-state index contributed by atoms with van der Waals surface area (Å²) in [5.74, 6) is 1.58. The van der Waals surface area contributed by atoms with E-state index in [1.54, 1.807) is 0 Å². The Labute approximate surface area is 168 Å². The fourth-order valence-electron chi connectivity index (χ4n) is 3.42. The molecule has 1 aromatic rings. The van der Waals surface area contributed by atoms with Gasteiger partial charge in [-0.05, 0) is 24.8 Å². The summed E-state index contributed by atoms with van der Waals surface area (Å²) in [4.78, 5) is 6.77. The Bertz CT molecular complexity index is 521. The van der Waals surface area contributed by atoms with Crippen molar-refractivity contribution in [2.75, 3.05) is 39.9 Å². The van der Waals surface area contributed by atoms with Crippen LogP contribution in [0.15, 0.2) is 35.3 Å². The maximum absolute atomic E-state index is 5.90. The average Bonchev–Trinajstić information content (AvgIpc) is 3.29. The van der Waals surface area contributed by atoms with Crippen molar-refractivity contribution in [2.45, 2.75) is 32.0 Å². The maximum Gasteiger partial charge on any atom is 0.193 e. The number of nitrogens with zero attached hydrogens (tertiary/aromatic N) is 2. The van der Waals surface area contributed by atoms with Crippen molar-refractivity contribution in [1.29, 1.82) is 0 Å². The Kier molecular flexibility index (Phi) is 8.98. The summed E-state index contributed by atoms with van der Waals surface area (Å²) < 4.78 is 11.6. The van der Waals surface area contributed by atoms with Crippen LogP contribution < -0.4 is 5.32 Å². The number of nitrogens with one attached hydrogen (secondary N) is 1. The van der Waals surface area contributed by atoms with Crippen molar-refractivity contribution < 1.29 is 9.47 Å². The van der Waals surface area contributed by atoms with E-state index in [2.05, 4.69) is 39.5 Å². The predicted molar refractivity (Wildman–Crippen MR) is 112 cm³/mol. The SMILES string of the molecule is CN=C(NCC1CCCO1)N1CCC(COCc2ccccc2)C1.I. The summed E-state index contributed by atoms with van der Waals surface area (Å²) in [7, 11) is 1.86. The molecule has 0 amide bonds. The van der Waals surface area contributed by atoms with Crippen LogP contribution in [0.4, 0.5) is 0 Å². The minimum Gasteiger partial charge on any atom is -0.376 e. The summed E-state index contributed by atoms with van der Waals surface area (Å²) in [5.41, 5.74) is 1.24. The highest BCUT2D eigenvalue weighted by atomic mass is 127. The number of ether oxygens (including phenoxy) is 2. The third-order valence-corrected chi connectivity index (χ3v) is 4.77. The third-order valence-electron chi connectivity index (χ3n) is 4.77. The van der Waals surface area contributed by atoms with Crippen LogP contribution >= 0.6 is 24.0 Å². The molecule has 5 nitrogen and oxygen atoms in total. The predicted octanol–water partition coefficient (Wildman–Crippen LogP) is 2.90. The first kappa shape index (κ1) is 20.5. The van der Waals surface area contributed by atoms with Gasteiger partial charge >= 0.3 is 0 Å². The second-order valence-electron chi connectivity index (χ2n) is 6.66. The van der Waals surface area contributed by atoms with Crippen molar-refractivity contribution in [3.63, 3.8) is 0 Å². The summed E-state index contributed by atoms with van der Waals surface area (Å²) in [5, 5.41) is 3.47. The van der Waals surface area contributed by atoms with Gasteiger partial charge in [-0.1, -0.05) is 30.3 Å². The molecule has 0 saturated carbocycles. The molecule has 140 valence electrons. The van der Waals surface area contributed by atoms with Crippen LogP contribution in [-0.4, -0.2) is 56.9 Å². The first-order valence-corrected chi connectivity index (χ1v) is 9.04. The average molecular weight is 459 g/mol. The van der Waals surface area contributed by atoms with Gasteiger partial charge < -0.3 is 19.7 Å². The van der Waals surface area contributed by atoms with Gasteiger partial charge in [0.2, 0.25) is 0 Å². The van der Waals surface area contributed by atoms with Crippen LogP contribution in [0, 0.1) is 5.92 Å². The topological polar surface area (TPSA) is 46.1 Å². The third kappa shape index (κ3) is 6.42. The van der Waals surface area contributed by atoms with Crippen molar-refractivity contribution in [3.8, 4) is 0 Å². The van der Waals surface area contributed by atoms with E-state index in [0.29, 0.717) is 18.6 Å². The molecule has 2 unspecified atom stereocenters. The van der Waals surface area contributed by atoms with E-state index in [1.807, 2.05) is 13.1 Å². The number of halogens is 1. The first-order valence-electron chi connectivity index (χ1n) is 9.04. The second-order valence-corrected chi connectivity index (χ2v) is 6.66. The zero-order valence-corrected chi connectivity index (χ0v) is 17.4. The molecule has 3 rings (SSSR count). The summed E-state index contributed by atoms with van der Waals surface area (Å²) in [6, 6.07) is 10.4. The molecular formula is C19H30IN3O2. The minimum absolute atomic E-state index is 0. The Hall–Kier alpha value is -0.860. The van der Waals surface area contributed by atoms with Crippen LogP contribution in [0.3, 0.4) is 0 Å². The quantitative estimate of drug-likeness (QED) is 0.404. The largest absolute Gasteiger partial charge is 0.376 e. The van der Waals surface area contributed by atoms with E-state index >= 15 is 0 Å². The highest BCUT2D eigenvalue weighted by Crippen LogP contribution is 2.18. The van der Waals surface area contributed by atoms with E-state index in [1.165, 1.54) is 12.0 Å². The lowest BCUT2D eigenvalue weighted by atomic mass is 10.1. The van der Waals surface area contributed by atoms with Gasteiger partial charge in [-0.15, -0.1) is 24.0 Å². The molecule has 1 N–H and O–H groups in total. The van der Waals surface area contributed by atoms with Crippen LogP contribution in [0.2, 0.25) is 0 Å². The molecule has 25 heavy (non-hydrogen) atoms. The number of hydrogen-bond acceptors (Lipinski definition) is 3. The molecule has 6 heteroatoms. The molecule has 0 radical (unpaired) electrons. The summed E-state index contributed by atoms with van der Waals surface area (Å²) in [6.45, 7) is 5.33. The van der Waals surface area contributed by atoms with Gasteiger partial charge in [0.05, 0.1) is 19.3 Å². The molecule has 2 fully saturated rings. The highest BCUT2D eigenvalue weighted by molar-refractivity contribution is 14.0. The van der Waals surface area contributed by atoms with Gasteiger partial charge in [-0.3, -0.25) is 4.99 Å². The Morgan fingerprint density at radius 3 is 2.88 bits per heavy atom. The second kappa shape index (κ2) is 11.0. The molecule has 0 bridgehead atoms. The lowest BCUT2D eigenvalue weighted by molar-refractivity contribution is 0.0905. The lowest BCUT2D eigenvalue weighted by Crippen LogP contribution is -2.43. The molecule has 0 spiro atoms. The highest BCUT2D eigenvalue weighted by Gasteiger charge is 2.25. The van der Waals surface area contributed by atoms with E-state index in [-0.39, 0.29) is 24.0 Å². The molecule has 2 aliphatic rings. The number of hydrogen-bond donors (Lipinski definition) is 1. The zero-order chi connectivity index (χ0) is 16.6. The van der Waals surface area contributed by atoms with Gasteiger partial charge in [0.25, 0.3) is 0 Å². The molecule has 2 heterocycles. The fraction of sp³-hybridized carbons (Fsp3) is 0.632. The number of rotatable bonds is 6. The lowest BCUT2D eigenvalue weighted by Gasteiger charge is -2.23. The van der Waals surface area contributed by atoms with Gasteiger partial charge in [-0.2, -0.15) is 0 Å². The van der Waals surface area contributed by atoms with E-state index in [0.717, 1.165) is 51.6 Å². The standard InChI is InChI=1S/C19H29N3O2.HI/c1-20-19(21-12-18-8-5-11-24-18)22-10-9-17(13-22)15-23-14-16-6-3-2-4-7-16;/h2-4,6-7,17-18H,5,8-15H2,1H3,(H,20,21);1H. The van der Waals surface area contributed by atoms with Crippen LogP contribution in [-0.2, 0) is 16.1 Å². The van der Waals surface area contributed by atoms with Crippen LogP contribution in [0.5, 0.6) is 0 Å². The van der Waals surface area contributed by atoms with Crippen molar-refractivity contribution in [3.05, 3.63) is 35.9 Å². The number of aliphatic imine (C=N–C) groups is 1. The monoisotopic (exact) mass is 459 g/mol. The molecule has 2 saturated heterocycles. The van der Waals surface area contributed by atoms with E-state index in [9.17, 15) is 0 Å². The summed E-state index contributed by atoms with van der Waals surface area (Å²) >= 11 is 0. The molecular weight excluding hydrogens is 429 g/mol. The smallest absolute Gasteiger partial charge is 0.193 e. The molecule has 0 aromatic heterocycles. The van der Waals surface area contributed by atoms with E-state index < -0.39 is 0 Å². The van der Waals surface area contributed by atoms with Gasteiger partial charge in [0.15, 0.2) is 5.96 Å². The zero-order valence-electron chi connectivity index (χ0n) is 15.0. The van der Waals surface area contributed by atoms with Gasteiger partial charge in [-0.25, -0.2) is 0 Å². The van der Waals surface area contributed by atoms with Crippen LogP contribution in [0.25, 0.3) is 0 Å². The summed E-state index contributed by atoms with van der Waals surface area (Å²) in [6.07, 6.45) is 3.83. The molecule has 2 aliphatic heterocycles. The minimum atomic E-state index is 0. The van der Waals surface area contributed by atoms with E-state index in [4.69, 9.17) is 9.47 Å². The maximum atomic E-state index is 5.90. The van der Waals surface area contributed by atoms with Crippen molar-refractivity contribution in [2.24, 2.45) is 10.9 Å².